The van der Waals surface area contributed by atoms with Gasteiger partial charge in [-0.15, -0.1) is 0 Å². The summed E-state index contributed by atoms with van der Waals surface area (Å²) in [7, 11) is -2.63. The van der Waals surface area contributed by atoms with Crippen LogP contribution in [0.3, 0.4) is 0 Å². The second-order valence-electron chi connectivity index (χ2n) is 5.14. The lowest BCUT2D eigenvalue weighted by molar-refractivity contribution is 0.0943. The van der Waals surface area contributed by atoms with Crippen molar-refractivity contribution in [2.45, 2.75) is 11.0 Å². The molecule has 0 saturated heterocycles. The molecule has 0 unspecified atom stereocenters. The number of benzene rings is 2. The van der Waals surface area contributed by atoms with E-state index in [4.69, 9.17) is 14.2 Å². The second kappa shape index (κ2) is 6.66. The van der Waals surface area contributed by atoms with Crippen LogP contribution in [0.25, 0.3) is 0 Å². The van der Waals surface area contributed by atoms with E-state index in [0.29, 0.717) is 11.5 Å². The minimum Gasteiger partial charge on any atom is -0.495 e. The number of para-hydroxylation sites is 2. The first-order valence-corrected chi connectivity index (χ1v) is 8.69. The molecule has 1 aliphatic heterocycles. The Hall–Kier alpha value is -2.32. The Kier molecular flexibility index (Phi) is 4.59. The van der Waals surface area contributed by atoms with E-state index in [0.717, 1.165) is 12.1 Å². The lowest BCUT2D eigenvalue weighted by Gasteiger charge is -2.26. The molecule has 0 radical (unpaired) electrons. The Labute approximate surface area is 139 Å². The first-order chi connectivity index (χ1) is 11.5. The van der Waals surface area contributed by atoms with Crippen LogP contribution in [0.2, 0.25) is 0 Å². The molecular formula is C16H16FNO5S. The van der Waals surface area contributed by atoms with Gasteiger partial charge in [-0.2, -0.15) is 0 Å². The number of rotatable bonds is 5. The largest absolute Gasteiger partial charge is 0.495 e. The van der Waals surface area contributed by atoms with Crippen LogP contribution in [0.5, 0.6) is 17.2 Å². The third kappa shape index (κ3) is 3.44. The summed E-state index contributed by atoms with van der Waals surface area (Å²) in [4.78, 5) is -0.262. The number of nitrogens with one attached hydrogen (secondary N) is 1. The molecule has 2 aromatic carbocycles. The number of sulfonamides is 1. The third-order valence-electron chi connectivity index (χ3n) is 3.48. The van der Waals surface area contributed by atoms with Gasteiger partial charge in [0.1, 0.15) is 29.2 Å². The van der Waals surface area contributed by atoms with Gasteiger partial charge in [0.2, 0.25) is 10.0 Å². The highest BCUT2D eigenvalue weighted by molar-refractivity contribution is 7.89. The summed E-state index contributed by atoms with van der Waals surface area (Å²) < 4.78 is 56.8. The van der Waals surface area contributed by atoms with Crippen molar-refractivity contribution >= 4 is 10.0 Å². The number of methoxy groups -OCH3 is 1. The standard InChI is InChI=1S/C16H16FNO5S/c1-21-15-7-6-11(17)8-16(15)24(19,20)18-9-12-10-22-13-4-2-3-5-14(13)23-12/h2-8,12,18H,9-10H2,1H3/t12-/m1/s1. The maximum absolute atomic E-state index is 13.4. The number of ether oxygens (including phenoxy) is 3. The zero-order chi connectivity index (χ0) is 17.2. The van der Waals surface area contributed by atoms with Gasteiger partial charge in [0.25, 0.3) is 0 Å². The minimum atomic E-state index is -3.95. The molecule has 24 heavy (non-hydrogen) atoms. The Morgan fingerprint density at radius 1 is 1.25 bits per heavy atom. The van der Waals surface area contributed by atoms with Gasteiger partial charge in [-0.1, -0.05) is 12.1 Å². The predicted octanol–water partition coefficient (Wildman–Crippen LogP) is 1.95. The Morgan fingerprint density at radius 3 is 2.75 bits per heavy atom. The zero-order valence-electron chi connectivity index (χ0n) is 12.9. The summed E-state index contributed by atoms with van der Waals surface area (Å²) in [5.41, 5.74) is 0. The number of hydrogen-bond donors (Lipinski definition) is 1. The second-order valence-corrected chi connectivity index (χ2v) is 6.88. The normalized spacial score (nSPS) is 16.7. The van der Waals surface area contributed by atoms with Gasteiger partial charge >= 0.3 is 0 Å². The molecule has 0 spiro atoms. The SMILES string of the molecule is COc1ccc(F)cc1S(=O)(=O)NC[C@@H]1COc2ccccc2O1. The Balaban J connectivity index is 1.72. The summed E-state index contributed by atoms with van der Waals surface area (Å²) in [5.74, 6) is 0.567. The molecular weight excluding hydrogens is 337 g/mol. The molecule has 128 valence electrons. The lowest BCUT2D eigenvalue weighted by atomic mass is 10.2. The van der Waals surface area contributed by atoms with Crippen molar-refractivity contribution in [1.29, 1.82) is 0 Å². The van der Waals surface area contributed by atoms with E-state index >= 15 is 0 Å². The van der Waals surface area contributed by atoms with Crippen molar-refractivity contribution in [3.63, 3.8) is 0 Å². The Bertz CT molecular complexity index is 840. The van der Waals surface area contributed by atoms with Crippen LogP contribution in [0.4, 0.5) is 4.39 Å². The number of fused-ring (bicyclic) bond motifs is 1. The van der Waals surface area contributed by atoms with Crippen molar-refractivity contribution in [3.05, 3.63) is 48.3 Å². The lowest BCUT2D eigenvalue weighted by Crippen LogP contribution is -2.40. The molecule has 0 amide bonds. The fourth-order valence-corrected chi connectivity index (χ4v) is 3.55. The summed E-state index contributed by atoms with van der Waals surface area (Å²) in [5, 5.41) is 0. The highest BCUT2D eigenvalue weighted by atomic mass is 32.2. The molecule has 0 aliphatic carbocycles. The Morgan fingerprint density at radius 2 is 2.00 bits per heavy atom. The third-order valence-corrected chi connectivity index (χ3v) is 4.93. The van der Waals surface area contributed by atoms with Crippen molar-refractivity contribution in [2.24, 2.45) is 0 Å². The summed E-state index contributed by atoms with van der Waals surface area (Å²) in [6.45, 7) is 0.191. The smallest absolute Gasteiger partial charge is 0.244 e. The molecule has 8 heteroatoms. The van der Waals surface area contributed by atoms with Crippen LogP contribution >= 0.6 is 0 Å². The maximum atomic E-state index is 13.4. The van der Waals surface area contributed by atoms with Gasteiger partial charge < -0.3 is 14.2 Å². The molecule has 0 bridgehead atoms. The molecule has 1 heterocycles. The van der Waals surface area contributed by atoms with Crippen molar-refractivity contribution in [1.82, 2.24) is 4.72 Å². The van der Waals surface area contributed by atoms with Gasteiger partial charge in [0.05, 0.1) is 13.7 Å². The topological polar surface area (TPSA) is 73.9 Å². The first kappa shape index (κ1) is 16.5. The van der Waals surface area contributed by atoms with E-state index < -0.39 is 21.9 Å². The molecule has 0 aromatic heterocycles. The quantitative estimate of drug-likeness (QED) is 0.889. The molecule has 3 rings (SSSR count). The molecule has 1 N–H and O–H groups in total. The van der Waals surface area contributed by atoms with Crippen LogP contribution in [0.15, 0.2) is 47.4 Å². The van der Waals surface area contributed by atoms with E-state index in [-0.39, 0.29) is 23.8 Å². The van der Waals surface area contributed by atoms with Crippen LogP contribution in [-0.2, 0) is 10.0 Å². The van der Waals surface area contributed by atoms with Gasteiger partial charge in [0.15, 0.2) is 11.5 Å². The predicted molar refractivity (Wildman–Crippen MR) is 84.5 cm³/mol. The molecule has 6 nitrogen and oxygen atoms in total. The zero-order valence-corrected chi connectivity index (χ0v) is 13.7. The van der Waals surface area contributed by atoms with E-state index in [1.807, 2.05) is 6.07 Å². The summed E-state index contributed by atoms with van der Waals surface area (Å²) >= 11 is 0. The number of hydrogen-bond acceptors (Lipinski definition) is 5. The molecule has 1 aliphatic rings. The van der Waals surface area contributed by atoms with E-state index in [1.54, 1.807) is 18.2 Å². The van der Waals surface area contributed by atoms with Crippen molar-refractivity contribution < 1.29 is 27.0 Å². The molecule has 1 atom stereocenters. The molecule has 2 aromatic rings. The van der Waals surface area contributed by atoms with Gasteiger partial charge in [-0.3, -0.25) is 0 Å². The average molecular weight is 353 g/mol. The van der Waals surface area contributed by atoms with Crippen molar-refractivity contribution in [3.8, 4) is 17.2 Å². The van der Waals surface area contributed by atoms with E-state index in [1.165, 1.54) is 13.2 Å². The molecule has 0 fully saturated rings. The van der Waals surface area contributed by atoms with Gasteiger partial charge in [-0.25, -0.2) is 17.5 Å². The van der Waals surface area contributed by atoms with Crippen LogP contribution in [0, 0.1) is 5.82 Å². The van der Waals surface area contributed by atoms with Gasteiger partial charge in [0, 0.05) is 0 Å². The molecule has 0 saturated carbocycles. The fourth-order valence-electron chi connectivity index (χ4n) is 2.30. The van der Waals surface area contributed by atoms with Crippen LogP contribution < -0.4 is 18.9 Å². The highest BCUT2D eigenvalue weighted by Gasteiger charge is 2.25. The monoisotopic (exact) mass is 353 g/mol. The van der Waals surface area contributed by atoms with Gasteiger partial charge in [-0.05, 0) is 30.3 Å². The minimum absolute atomic E-state index is 0.0175. The van der Waals surface area contributed by atoms with Crippen molar-refractivity contribution in [2.75, 3.05) is 20.3 Å². The maximum Gasteiger partial charge on any atom is 0.244 e. The van der Waals surface area contributed by atoms with E-state index in [2.05, 4.69) is 4.72 Å². The average Bonchev–Trinajstić information content (AvgIpc) is 2.60. The van der Waals surface area contributed by atoms with E-state index in [9.17, 15) is 12.8 Å². The summed E-state index contributed by atoms with van der Waals surface area (Å²) in [6.07, 6.45) is -0.491. The highest BCUT2D eigenvalue weighted by Crippen LogP contribution is 2.31. The first-order valence-electron chi connectivity index (χ1n) is 7.21. The number of halogens is 1. The summed E-state index contributed by atoms with van der Waals surface area (Å²) in [6, 6.07) is 10.4. The fraction of sp³-hybridized carbons (Fsp3) is 0.250. The van der Waals surface area contributed by atoms with Crippen LogP contribution in [0.1, 0.15) is 0 Å². The van der Waals surface area contributed by atoms with Crippen LogP contribution in [-0.4, -0.2) is 34.8 Å².